The molecule has 4 N–H and O–H groups in total. The van der Waals surface area contributed by atoms with Crippen LogP contribution >= 0.6 is 11.8 Å². The van der Waals surface area contributed by atoms with E-state index in [-0.39, 0.29) is 23.1 Å². The van der Waals surface area contributed by atoms with Gasteiger partial charge < -0.3 is 15.8 Å². The molecule has 1 aromatic heterocycles. The minimum absolute atomic E-state index is 0.0378. The van der Waals surface area contributed by atoms with Crippen LogP contribution in [0.4, 0.5) is 10.6 Å². The Labute approximate surface area is 166 Å². The number of hydrogen-bond acceptors (Lipinski definition) is 8. The van der Waals surface area contributed by atoms with Crippen molar-refractivity contribution in [2.75, 3.05) is 12.3 Å². The minimum atomic E-state index is -0.657. The van der Waals surface area contributed by atoms with E-state index in [2.05, 4.69) is 20.6 Å². The Morgan fingerprint density at radius 1 is 1.25 bits per heavy atom. The smallest absolute Gasteiger partial charge is 0.343 e. The molecule has 9 nitrogen and oxygen atoms in total. The van der Waals surface area contributed by atoms with Crippen molar-refractivity contribution in [1.29, 1.82) is 0 Å². The standard InChI is InChI=1S/C18H21N5O4S/c1-3-27-16(25)13-10-21-18(22-14(13)19)28-11(2)15(24)23-17(26)20-9-12-7-5-4-6-8-12/h4-8,10-11H,3,9H2,1-2H3,(H2,19,21,22)(H2,20,23,24,26). The monoisotopic (exact) mass is 403 g/mol. The number of hydrogen-bond donors (Lipinski definition) is 3. The highest BCUT2D eigenvalue weighted by atomic mass is 32.2. The number of nitrogens with one attached hydrogen (secondary N) is 2. The van der Waals surface area contributed by atoms with Crippen LogP contribution in [-0.2, 0) is 16.1 Å². The third kappa shape index (κ3) is 6.23. The van der Waals surface area contributed by atoms with Crippen molar-refractivity contribution >= 4 is 35.5 Å². The predicted octanol–water partition coefficient (Wildman–Crippen LogP) is 1.74. The maximum absolute atomic E-state index is 12.2. The molecule has 148 valence electrons. The Morgan fingerprint density at radius 3 is 2.61 bits per heavy atom. The summed E-state index contributed by atoms with van der Waals surface area (Å²) in [6.07, 6.45) is 1.25. The largest absolute Gasteiger partial charge is 0.462 e. The SMILES string of the molecule is CCOC(=O)c1cnc(SC(C)C(=O)NC(=O)NCc2ccccc2)nc1N. The summed E-state index contributed by atoms with van der Waals surface area (Å²) < 4.78 is 4.85. The number of nitrogens with zero attached hydrogens (tertiary/aromatic N) is 2. The minimum Gasteiger partial charge on any atom is -0.462 e. The highest BCUT2D eigenvalue weighted by molar-refractivity contribution is 8.00. The first-order valence-electron chi connectivity index (χ1n) is 8.49. The maximum atomic E-state index is 12.2. The van der Waals surface area contributed by atoms with E-state index in [0.29, 0.717) is 6.54 Å². The molecular weight excluding hydrogens is 382 g/mol. The summed E-state index contributed by atoms with van der Waals surface area (Å²) in [5.41, 5.74) is 6.72. The van der Waals surface area contributed by atoms with E-state index >= 15 is 0 Å². The van der Waals surface area contributed by atoms with Gasteiger partial charge in [0.05, 0.1) is 11.9 Å². The highest BCUT2D eigenvalue weighted by Gasteiger charge is 2.20. The van der Waals surface area contributed by atoms with Gasteiger partial charge >= 0.3 is 12.0 Å². The fourth-order valence-electron chi connectivity index (χ4n) is 2.05. The van der Waals surface area contributed by atoms with Crippen LogP contribution in [0.5, 0.6) is 0 Å². The van der Waals surface area contributed by atoms with E-state index in [9.17, 15) is 14.4 Å². The number of nitrogen functional groups attached to an aromatic ring is 1. The molecule has 0 spiro atoms. The first kappa shape index (κ1) is 21.2. The zero-order chi connectivity index (χ0) is 20.5. The Hall–Kier alpha value is -3.14. The Bertz CT molecular complexity index is 847. The molecule has 3 amide bonds. The summed E-state index contributed by atoms with van der Waals surface area (Å²) >= 11 is 1.01. The van der Waals surface area contributed by atoms with Crippen molar-refractivity contribution in [3.05, 3.63) is 47.7 Å². The van der Waals surface area contributed by atoms with Crippen LogP contribution in [0.1, 0.15) is 29.8 Å². The lowest BCUT2D eigenvalue weighted by Gasteiger charge is -2.12. The molecular formula is C18H21N5O4S. The van der Waals surface area contributed by atoms with Crippen LogP contribution in [0.25, 0.3) is 0 Å². The lowest BCUT2D eigenvalue weighted by atomic mass is 10.2. The molecule has 0 aliphatic carbocycles. The summed E-state index contributed by atoms with van der Waals surface area (Å²) in [5, 5.41) is 4.42. The molecule has 2 rings (SSSR count). The zero-order valence-electron chi connectivity index (χ0n) is 15.5. The number of esters is 1. The van der Waals surface area contributed by atoms with Crippen molar-refractivity contribution in [3.63, 3.8) is 0 Å². The summed E-state index contributed by atoms with van der Waals surface area (Å²) in [5.74, 6) is -1.16. The Balaban J connectivity index is 1.86. The van der Waals surface area contributed by atoms with Gasteiger partial charge in [-0.1, -0.05) is 42.1 Å². The van der Waals surface area contributed by atoms with Crippen LogP contribution in [0, 0.1) is 0 Å². The van der Waals surface area contributed by atoms with Crippen LogP contribution in [-0.4, -0.2) is 39.7 Å². The van der Waals surface area contributed by atoms with E-state index in [1.165, 1.54) is 6.20 Å². The molecule has 1 aromatic carbocycles. The molecule has 10 heteroatoms. The van der Waals surface area contributed by atoms with Crippen molar-refractivity contribution < 1.29 is 19.1 Å². The molecule has 0 fully saturated rings. The topological polar surface area (TPSA) is 136 Å². The van der Waals surface area contributed by atoms with Crippen LogP contribution in [0.2, 0.25) is 0 Å². The second-order valence-corrected chi connectivity index (χ2v) is 6.90. The number of carbonyl (C=O) groups excluding carboxylic acids is 3. The third-order valence-corrected chi connectivity index (χ3v) is 4.45. The first-order chi connectivity index (χ1) is 13.4. The van der Waals surface area contributed by atoms with Crippen molar-refractivity contribution in [1.82, 2.24) is 20.6 Å². The van der Waals surface area contributed by atoms with Crippen molar-refractivity contribution in [2.45, 2.75) is 30.8 Å². The van der Waals surface area contributed by atoms with Gasteiger partial charge in [0.25, 0.3) is 0 Å². The van der Waals surface area contributed by atoms with Crippen LogP contribution in [0.15, 0.2) is 41.7 Å². The normalized spacial score (nSPS) is 11.4. The maximum Gasteiger partial charge on any atom is 0.343 e. The molecule has 1 heterocycles. The summed E-state index contributed by atoms with van der Waals surface area (Å²) in [4.78, 5) is 43.7. The fraction of sp³-hybridized carbons (Fsp3) is 0.278. The average Bonchev–Trinajstić information content (AvgIpc) is 2.67. The number of amides is 3. The molecule has 1 unspecified atom stereocenters. The van der Waals surface area contributed by atoms with E-state index in [4.69, 9.17) is 10.5 Å². The number of ether oxygens (including phenoxy) is 1. The van der Waals surface area contributed by atoms with Gasteiger partial charge in [0.1, 0.15) is 11.4 Å². The number of thioether (sulfide) groups is 1. The van der Waals surface area contributed by atoms with Gasteiger partial charge in [0.15, 0.2) is 5.16 Å². The third-order valence-electron chi connectivity index (χ3n) is 3.48. The number of anilines is 1. The molecule has 0 aliphatic heterocycles. The molecule has 1 atom stereocenters. The number of imide groups is 1. The first-order valence-corrected chi connectivity index (χ1v) is 9.37. The average molecular weight is 403 g/mol. The van der Waals surface area contributed by atoms with E-state index < -0.39 is 23.2 Å². The quantitative estimate of drug-likeness (QED) is 0.361. The zero-order valence-corrected chi connectivity index (χ0v) is 16.3. The predicted molar refractivity (Wildman–Crippen MR) is 105 cm³/mol. The van der Waals surface area contributed by atoms with Gasteiger partial charge in [-0.15, -0.1) is 0 Å². The lowest BCUT2D eigenvalue weighted by Crippen LogP contribution is -2.42. The fourth-order valence-corrected chi connectivity index (χ4v) is 2.80. The van der Waals surface area contributed by atoms with Crippen LogP contribution < -0.4 is 16.4 Å². The van der Waals surface area contributed by atoms with E-state index in [1.54, 1.807) is 13.8 Å². The van der Waals surface area contributed by atoms with E-state index in [0.717, 1.165) is 17.3 Å². The second kappa shape index (κ2) is 10.3. The molecule has 28 heavy (non-hydrogen) atoms. The number of benzene rings is 1. The van der Waals surface area contributed by atoms with E-state index in [1.807, 2.05) is 30.3 Å². The van der Waals surface area contributed by atoms with Crippen LogP contribution in [0.3, 0.4) is 0 Å². The van der Waals surface area contributed by atoms with Gasteiger partial charge in [0, 0.05) is 12.7 Å². The number of urea groups is 1. The second-order valence-electron chi connectivity index (χ2n) is 5.59. The summed E-state index contributed by atoms with van der Waals surface area (Å²) in [7, 11) is 0. The highest BCUT2D eigenvalue weighted by Crippen LogP contribution is 2.21. The molecule has 0 aliphatic rings. The number of nitrogens with two attached hydrogens (primary N) is 1. The molecule has 0 saturated carbocycles. The van der Waals surface area contributed by atoms with Crippen molar-refractivity contribution in [2.24, 2.45) is 0 Å². The summed E-state index contributed by atoms with van der Waals surface area (Å²) in [6.45, 7) is 3.79. The number of rotatable bonds is 7. The molecule has 0 bridgehead atoms. The number of carbonyl (C=O) groups is 3. The van der Waals surface area contributed by atoms with Gasteiger partial charge in [-0.25, -0.2) is 19.6 Å². The molecule has 0 radical (unpaired) electrons. The Kier molecular flexibility index (Phi) is 7.76. The van der Waals surface area contributed by atoms with Gasteiger partial charge in [-0.2, -0.15) is 0 Å². The molecule has 0 saturated heterocycles. The number of aromatic nitrogens is 2. The molecule has 2 aromatic rings. The van der Waals surface area contributed by atoms with Gasteiger partial charge in [0.2, 0.25) is 5.91 Å². The van der Waals surface area contributed by atoms with Gasteiger partial charge in [-0.05, 0) is 19.4 Å². The summed E-state index contributed by atoms with van der Waals surface area (Å²) in [6, 6.07) is 8.72. The van der Waals surface area contributed by atoms with Gasteiger partial charge in [-0.3, -0.25) is 10.1 Å². The Morgan fingerprint density at radius 2 is 1.96 bits per heavy atom. The lowest BCUT2D eigenvalue weighted by molar-refractivity contribution is -0.119. The van der Waals surface area contributed by atoms with Crippen molar-refractivity contribution in [3.8, 4) is 0 Å².